The number of rotatable bonds is 0. The molecular formula is C19H11NO2. The number of aromatic amines is 1. The van der Waals surface area contributed by atoms with Gasteiger partial charge in [0.25, 0.3) is 0 Å². The van der Waals surface area contributed by atoms with Gasteiger partial charge in [-0.3, -0.25) is 4.79 Å². The van der Waals surface area contributed by atoms with E-state index in [0.717, 1.165) is 32.8 Å². The highest BCUT2D eigenvalue weighted by Gasteiger charge is 2.10. The number of hydrogen-bond donors (Lipinski definition) is 1. The molecule has 0 saturated heterocycles. The number of pyridine rings is 1. The Morgan fingerprint density at radius 1 is 0.818 bits per heavy atom. The largest absolute Gasteiger partial charge is 0.464 e. The molecule has 0 aliphatic rings. The fraction of sp³-hybridized carbons (Fsp3) is 0. The molecule has 2 aromatic heterocycles. The van der Waals surface area contributed by atoms with Crippen molar-refractivity contribution in [1.29, 1.82) is 0 Å². The maximum absolute atomic E-state index is 12.8. The predicted molar refractivity (Wildman–Crippen MR) is 89.4 cm³/mol. The molecule has 0 fully saturated rings. The first kappa shape index (κ1) is 11.6. The fourth-order valence-electron chi connectivity index (χ4n) is 3.18. The maximum atomic E-state index is 12.8. The van der Waals surface area contributed by atoms with Gasteiger partial charge in [0.05, 0.1) is 17.3 Å². The number of furan rings is 1. The minimum Gasteiger partial charge on any atom is -0.464 e. The predicted octanol–water partition coefficient (Wildman–Crippen LogP) is 4.58. The second kappa shape index (κ2) is 3.98. The molecule has 3 heteroatoms. The van der Waals surface area contributed by atoms with Crippen molar-refractivity contribution < 1.29 is 4.42 Å². The van der Waals surface area contributed by atoms with E-state index in [4.69, 9.17) is 4.42 Å². The van der Waals surface area contributed by atoms with Crippen molar-refractivity contribution in [2.45, 2.75) is 0 Å². The first-order valence-corrected chi connectivity index (χ1v) is 7.16. The van der Waals surface area contributed by atoms with Gasteiger partial charge in [-0.15, -0.1) is 0 Å². The minimum absolute atomic E-state index is 0.0533. The van der Waals surface area contributed by atoms with Crippen LogP contribution in [0.1, 0.15) is 0 Å². The second-order valence-corrected chi connectivity index (χ2v) is 5.52. The molecule has 22 heavy (non-hydrogen) atoms. The summed E-state index contributed by atoms with van der Waals surface area (Å²) in [6.07, 6.45) is 1.65. The summed E-state index contributed by atoms with van der Waals surface area (Å²) < 4.78 is 5.43. The van der Waals surface area contributed by atoms with Gasteiger partial charge in [-0.1, -0.05) is 24.3 Å². The quantitative estimate of drug-likeness (QED) is 0.423. The average molecular weight is 285 g/mol. The van der Waals surface area contributed by atoms with E-state index in [1.807, 2.05) is 48.5 Å². The molecule has 0 amide bonds. The second-order valence-electron chi connectivity index (χ2n) is 5.52. The van der Waals surface area contributed by atoms with Crippen molar-refractivity contribution in [2.75, 3.05) is 0 Å². The standard InChI is InChI=1S/C19H11NO2/c21-19-14-5-6-17-13(7-8-22-17)18(14)20-16-10-12-4-2-1-3-11(12)9-15(16)19/h1-10H,(H,20,21). The fourth-order valence-corrected chi connectivity index (χ4v) is 3.18. The van der Waals surface area contributed by atoms with Crippen molar-refractivity contribution in [3.05, 3.63) is 71.1 Å². The van der Waals surface area contributed by atoms with Crippen molar-refractivity contribution in [3.63, 3.8) is 0 Å². The van der Waals surface area contributed by atoms with E-state index in [2.05, 4.69) is 11.1 Å². The number of H-pyrrole nitrogens is 1. The Kier molecular flexibility index (Phi) is 2.09. The van der Waals surface area contributed by atoms with Gasteiger partial charge in [0, 0.05) is 16.2 Å². The van der Waals surface area contributed by atoms with Gasteiger partial charge in [-0.2, -0.15) is 0 Å². The molecule has 3 aromatic carbocycles. The lowest BCUT2D eigenvalue weighted by molar-refractivity contribution is 0.616. The Morgan fingerprint density at radius 2 is 1.64 bits per heavy atom. The van der Waals surface area contributed by atoms with Crippen molar-refractivity contribution >= 4 is 43.5 Å². The molecule has 0 aliphatic heterocycles. The molecular weight excluding hydrogens is 274 g/mol. The van der Waals surface area contributed by atoms with Crippen molar-refractivity contribution in [2.24, 2.45) is 0 Å². The van der Waals surface area contributed by atoms with Gasteiger partial charge in [-0.25, -0.2) is 0 Å². The Morgan fingerprint density at radius 3 is 2.50 bits per heavy atom. The molecule has 0 spiro atoms. The molecule has 0 aliphatic carbocycles. The summed E-state index contributed by atoms with van der Waals surface area (Å²) in [6, 6.07) is 17.6. The molecule has 5 aromatic rings. The Bertz CT molecular complexity index is 1240. The van der Waals surface area contributed by atoms with Crippen LogP contribution in [0.3, 0.4) is 0 Å². The van der Waals surface area contributed by atoms with Gasteiger partial charge in [-0.05, 0) is 41.1 Å². The Hall–Kier alpha value is -3.07. The zero-order chi connectivity index (χ0) is 14.7. The summed E-state index contributed by atoms with van der Waals surface area (Å²) in [4.78, 5) is 16.3. The molecule has 0 radical (unpaired) electrons. The summed E-state index contributed by atoms with van der Waals surface area (Å²) in [5.41, 5.74) is 2.52. The van der Waals surface area contributed by atoms with Crippen LogP contribution in [-0.2, 0) is 0 Å². The van der Waals surface area contributed by atoms with Gasteiger partial charge >= 0.3 is 0 Å². The van der Waals surface area contributed by atoms with E-state index in [1.54, 1.807) is 6.26 Å². The number of fused-ring (bicyclic) bond motifs is 5. The lowest BCUT2D eigenvalue weighted by Gasteiger charge is -2.05. The van der Waals surface area contributed by atoms with Crippen LogP contribution >= 0.6 is 0 Å². The number of hydrogen-bond acceptors (Lipinski definition) is 2. The molecule has 5 rings (SSSR count). The van der Waals surface area contributed by atoms with E-state index in [-0.39, 0.29) is 5.43 Å². The van der Waals surface area contributed by atoms with Gasteiger partial charge < -0.3 is 9.40 Å². The third-order valence-corrected chi connectivity index (χ3v) is 4.27. The molecule has 3 nitrogen and oxygen atoms in total. The molecule has 0 saturated carbocycles. The van der Waals surface area contributed by atoms with Gasteiger partial charge in [0.2, 0.25) is 0 Å². The highest BCUT2D eigenvalue weighted by molar-refractivity contribution is 6.08. The number of benzene rings is 3. The van der Waals surface area contributed by atoms with E-state index in [1.165, 1.54) is 0 Å². The SMILES string of the molecule is O=c1c2cc3ccccc3cc2[nH]c2c1ccc1occc12. The highest BCUT2D eigenvalue weighted by atomic mass is 16.3. The van der Waals surface area contributed by atoms with E-state index < -0.39 is 0 Å². The number of aromatic nitrogens is 1. The smallest absolute Gasteiger partial charge is 0.197 e. The van der Waals surface area contributed by atoms with Crippen LogP contribution in [0.2, 0.25) is 0 Å². The lowest BCUT2D eigenvalue weighted by Crippen LogP contribution is -2.04. The number of nitrogens with one attached hydrogen (secondary N) is 1. The Labute approximate surface area is 124 Å². The van der Waals surface area contributed by atoms with Crippen LogP contribution < -0.4 is 5.43 Å². The van der Waals surface area contributed by atoms with Crippen LogP contribution in [-0.4, -0.2) is 4.98 Å². The minimum atomic E-state index is 0.0533. The van der Waals surface area contributed by atoms with Crippen molar-refractivity contribution in [1.82, 2.24) is 4.98 Å². The maximum Gasteiger partial charge on any atom is 0.197 e. The molecule has 2 heterocycles. The zero-order valence-corrected chi connectivity index (χ0v) is 11.6. The normalized spacial score (nSPS) is 11.8. The molecule has 104 valence electrons. The van der Waals surface area contributed by atoms with E-state index in [0.29, 0.717) is 10.8 Å². The lowest BCUT2D eigenvalue weighted by atomic mass is 10.0. The van der Waals surface area contributed by atoms with Crippen LogP contribution in [0.5, 0.6) is 0 Å². The Balaban J connectivity index is 2.08. The third kappa shape index (κ3) is 1.42. The molecule has 1 N–H and O–H groups in total. The van der Waals surface area contributed by atoms with Crippen LogP contribution in [0.4, 0.5) is 0 Å². The first-order valence-electron chi connectivity index (χ1n) is 7.16. The summed E-state index contributed by atoms with van der Waals surface area (Å²) in [5, 5.41) is 4.53. The van der Waals surface area contributed by atoms with Crippen molar-refractivity contribution in [3.8, 4) is 0 Å². The summed E-state index contributed by atoms with van der Waals surface area (Å²) in [6.45, 7) is 0. The molecule has 0 unspecified atom stereocenters. The summed E-state index contributed by atoms with van der Waals surface area (Å²) in [7, 11) is 0. The van der Waals surface area contributed by atoms with Crippen LogP contribution in [0.15, 0.2) is 70.1 Å². The summed E-state index contributed by atoms with van der Waals surface area (Å²) >= 11 is 0. The van der Waals surface area contributed by atoms with Crippen LogP contribution in [0, 0.1) is 0 Å². The molecule has 0 atom stereocenters. The average Bonchev–Trinajstić information content (AvgIpc) is 3.03. The first-order chi connectivity index (χ1) is 10.8. The monoisotopic (exact) mass is 285 g/mol. The topological polar surface area (TPSA) is 46.0 Å². The summed E-state index contributed by atoms with van der Waals surface area (Å²) in [5.74, 6) is 0. The molecule has 0 bridgehead atoms. The highest BCUT2D eigenvalue weighted by Crippen LogP contribution is 2.26. The van der Waals surface area contributed by atoms with Crippen LogP contribution in [0.25, 0.3) is 43.5 Å². The van der Waals surface area contributed by atoms with E-state index in [9.17, 15) is 4.79 Å². The third-order valence-electron chi connectivity index (χ3n) is 4.27. The zero-order valence-electron chi connectivity index (χ0n) is 11.6. The van der Waals surface area contributed by atoms with Gasteiger partial charge in [0.1, 0.15) is 5.58 Å². The van der Waals surface area contributed by atoms with E-state index >= 15 is 0 Å². The van der Waals surface area contributed by atoms with Gasteiger partial charge in [0.15, 0.2) is 5.43 Å².